The van der Waals surface area contributed by atoms with Gasteiger partial charge in [-0.15, -0.1) is 17.9 Å². The fourth-order valence-corrected chi connectivity index (χ4v) is 2.04. The summed E-state index contributed by atoms with van der Waals surface area (Å²) < 4.78 is 5.08. The van der Waals surface area contributed by atoms with E-state index in [0.29, 0.717) is 22.2 Å². The molecule has 0 unspecified atom stereocenters. The van der Waals surface area contributed by atoms with Gasteiger partial charge < -0.3 is 21.5 Å². The highest BCUT2D eigenvalue weighted by molar-refractivity contribution is 7.19. The summed E-state index contributed by atoms with van der Waals surface area (Å²) in [7, 11) is 1.49. The second kappa shape index (κ2) is 4.70. The predicted molar refractivity (Wildman–Crippen MR) is 62.5 cm³/mol. The van der Waals surface area contributed by atoms with Gasteiger partial charge in [0.15, 0.2) is 5.75 Å². The highest BCUT2D eigenvalue weighted by Gasteiger charge is 2.19. The van der Waals surface area contributed by atoms with Crippen molar-refractivity contribution >= 4 is 27.9 Å². The molecular formula is C9H13N3O2S. The Morgan fingerprint density at radius 1 is 1.73 bits per heavy atom. The van der Waals surface area contributed by atoms with Crippen molar-refractivity contribution in [1.82, 2.24) is 0 Å². The maximum Gasteiger partial charge on any atom is 0.261 e. The van der Waals surface area contributed by atoms with E-state index in [9.17, 15) is 4.79 Å². The Labute approximate surface area is 91.7 Å². The number of rotatable bonds is 5. The molecule has 0 aliphatic rings. The van der Waals surface area contributed by atoms with Crippen LogP contribution in [0.3, 0.4) is 0 Å². The summed E-state index contributed by atoms with van der Waals surface area (Å²) in [6, 6.07) is 0. The third kappa shape index (κ3) is 2.21. The molecule has 1 aromatic rings. The number of hydrogen-bond acceptors (Lipinski definition) is 5. The van der Waals surface area contributed by atoms with Gasteiger partial charge in [0.25, 0.3) is 5.91 Å². The first-order chi connectivity index (χ1) is 7.11. The smallest absolute Gasteiger partial charge is 0.261 e. The number of nitrogens with one attached hydrogen (secondary N) is 1. The number of nitrogen functional groups attached to an aromatic ring is 1. The van der Waals surface area contributed by atoms with Gasteiger partial charge in [-0.1, -0.05) is 6.08 Å². The number of ether oxygens (including phenoxy) is 1. The van der Waals surface area contributed by atoms with Gasteiger partial charge in [0.1, 0.15) is 15.6 Å². The van der Waals surface area contributed by atoms with Crippen molar-refractivity contribution in [2.45, 2.75) is 0 Å². The fourth-order valence-electron chi connectivity index (χ4n) is 1.10. The third-order valence-electron chi connectivity index (χ3n) is 1.73. The molecule has 0 bridgehead atoms. The lowest BCUT2D eigenvalue weighted by Crippen LogP contribution is -2.10. The van der Waals surface area contributed by atoms with Crippen LogP contribution in [0.1, 0.15) is 9.67 Å². The standard InChI is InChI=1S/C9H13N3O2S/c1-3-4-12-9-6(14-2)5(10)7(15-9)8(11)13/h3,12H,1,4,10H2,2H3,(H2,11,13). The van der Waals surface area contributed by atoms with E-state index in [1.54, 1.807) is 6.08 Å². The number of thiophene rings is 1. The molecule has 0 fully saturated rings. The Morgan fingerprint density at radius 2 is 2.40 bits per heavy atom. The average molecular weight is 227 g/mol. The van der Waals surface area contributed by atoms with Gasteiger partial charge in [-0.2, -0.15) is 0 Å². The van der Waals surface area contributed by atoms with E-state index in [1.165, 1.54) is 18.4 Å². The van der Waals surface area contributed by atoms with E-state index in [4.69, 9.17) is 16.2 Å². The maximum absolute atomic E-state index is 11.0. The number of carbonyl (C=O) groups excluding carboxylic acids is 1. The minimum Gasteiger partial charge on any atom is -0.492 e. The summed E-state index contributed by atoms with van der Waals surface area (Å²) in [5, 5.41) is 3.70. The molecule has 1 aromatic heterocycles. The highest BCUT2D eigenvalue weighted by Crippen LogP contribution is 2.41. The molecule has 1 amide bonds. The first-order valence-corrected chi connectivity index (χ1v) is 5.04. The molecule has 1 rings (SSSR count). The largest absolute Gasteiger partial charge is 0.492 e. The molecule has 5 N–H and O–H groups in total. The van der Waals surface area contributed by atoms with Crippen LogP contribution in [0, 0.1) is 0 Å². The Morgan fingerprint density at radius 3 is 2.87 bits per heavy atom. The average Bonchev–Trinajstić information content (AvgIpc) is 2.52. The fraction of sp³-hybridized carbons (Fsp3) is 0.222. The molecule has 82 valence electrons. The zero-order chi connectivity index (χ0) is 11.4. The first-order valence-electron chi connectivity index (χ1n) is 4.22. The summed E-state index contributed by atoms with van der Waals surface area (Å²) in [4.78, 5) is 11.3. The molecule has 0 radical (unpaired) electrons. The van der Waals surface area contributed by atoms with E-state index in [1.807, 2.05) is 0 Å². The topological polar surface area (TPSA) is 90.4 Å². The van der Waals surface area contributed by atoms with Gasteiger partial charge in [0.2, 0.25) is 0 Å². The van der Waals surface area contributed by atoms with E-state index in [2.05, 4.69) is 11.9 Å². The molecule has 0 aromatic carbocycles. The van der Waals surface area contributed by atoms with Gasteiger partial charge in [-0.3, -0.25) is 4.79 Å². The normalized spacial score (nSPS) is 9.67. The molecular weight excluding hydrogens is 214 g/mol. The molecule has 0 atom stereocenters. The minimum absolute atomic E-state index is 0.279. The summed E-state index contributed by atoms with van der Waals surface area (Å²) in [6.45, 7) is 4.14. The molecule has 1 heterocycles. The van der Waals surface area contributed by atoms with E-state index in [0.717, 1.165) is 0 Å². The van der Waals surface area contributed by atoms with E-state index in [-0.39, 0.29) is 5.69 Å². The van der Waals surface area contributed by atoms with E-state index >= 15 is 0 Å². The van der Waals surface area contributed by atoms with Gasteiger partial charge >= 0.3 is 0 Å². The molecule has 0 aliphatic heterocycles. The molecule has 0 spiro atoms. The van der Waals surface area contributed by atoms with Crippen molar-refractivity contribution in [3.63, 3.8) is 0 Å². The first kappa shape index (κ1) is 11.4. The lowest BCUT2D eigenvalue weighted by Gasteiger charge is -2.03. The number of primary amides is 1. The molecule has 0 saturated heterocycles. The molecule has 6 heteroatoms. The number of nitrogens with two attached hydrogens (primary N) is 2. The number of hydrogen-bond donors (Lipinski definition) is 3. The molecule has 0 saturated carbocycles. The number of carbonyl (C=O) groups is 1. The van der Waals surface area contributed by atoms with Crippen molar-refractivity contribution in [3.8, 4) is 5.75 Å². The number of methoxy groups -OCH3 is 1. The lowest BCUT2D eigenvalue weighted by atomic mass is 10.3. The van der Waals surface area contributed by atoms with Crippen LogP contribution in [0.5, 0.6) is 5.75 Å². The van der Waals surface area contributed by atoms with Crippen LogP contribution in [0.4, 0.5) is 10.7 Å². The van der Waals surface area contributed by atoms with Crippen LogP contribution in [0.15, 0.2) is 12.7 Å². The molecule has 0 aliphatic carbocycles. The van der Waals surface area contributed by atoms with Gasteiger partial charge in [-0.05, 0) is 0 Å². The predicted octanol–water partition coefficient (Wildman–Crippen LogP) is 1.04. The van der Waals surface area contributed by atoms with Crippen LogP contribution in [-0.2, 0) is 0 Å². The second-order valence-corrected chi connectivity index (χ2v) is 3.76. The van der Waals surface area contributed by atoms with Crippen molar-refractivity contribution in [2.75, 3.05) is 24.7 Å². The summed E-state index contributed by atoms with van der Waals surface area (Å²) in [5.74, 6) is -0.0990. The quantitative estimate of drug-likeness (QED) is 0.655. The second-order valence-electron chi connectivity index (χ2n) is 2.74. The van der Waals surface area contributed by atoms with Crippen molar-refractivity contribution in [1.29, 1.82) is 0 Å². The van der Waals surface area contributed by atoms with Gasteiger partial charge in [0.05, 0.1) is 7.11 Å². The molecule has 15 heavy (non-hydrogen) atoms. The van der Waals surface area contributed by atoms with Crippen molar-refractivity contribution in [3.05, 3.63) is 17.5 Å². The Balaban J connectivity index is 3.09. The highest BCUT2D eigenvalue weighted by atomic mass is 32.1. The lowest BCUT2D eigenvalue weighted by molar-refractivity contribution is 0.100. The summed E-state index contributed by atoms with van der Waals surface area (Å²) >= 11 is 1.18. The SMILES string of the molecule is C=CCNc1sc(C(N)=O)c(N)c1OC. The molecule has 5 nitrogen and oxygen atoms in total. The van der Waals surface area contributed by atoms with E-state index < -0.39 is 5.91 Å². The zero-order valence-corrected chi connectivity index (χ0v) is 9.19. The van der Waals surface area contributed by atoms with Gasteiger partial charge in [-0.25, -0.2) is 0 Å². The van der Waals surface area contributed by atoms with Crippen LogP contribution in [0.25, 0.3) is 0 Å². The van der Waals surface area contributed by atoms with Crippen molar-refractivity contribution < 1.29 is 9.53 Å². The Bertz CT molecular complexity index is 387. The van der Waals surface area contributed by atoms with Crippen LogP contribution in [-0.4, -0.2) is 19.6 Å². The summed E-state index contributed by atoms with van der Waals surface area (Å²) in [5.41, 5.74) is 11.2. The van der Waals surface area contributed by atoms with Crippen LogP contribution < -0.4 is 21.5 Å². The Hall–Kier alpha value is -1.69. The maximum atomic E-state index is 11.0. The Kier molecular flexibility index (Phi) is 3.56. The number of anilines is 2. The monoisotopic (exact) mass is 227 g/mol. The minimum atomic E-state index is -0.553. The van der Waals surface area contributed by atoms with Crippen LogP contribution >= 0.6 is 11.3 Å². The van der Waals surface area contributed by atoms with Crippen molar-refractivity contribution in [2.24, 2.45) is 5.73 Å². The third-order valence-corrected chi connectivity index (χ3v) is 2.89. The van der Waals surface area contributed by atoms with Gasteiger partial charge in [0, 0.05) is 6.54 Å². The van der Waals surface area contributed by atoms with Crippen LogP contribution in [0.2, 0.25) is 0 Å². The zero-order valence-electron chi connectivity index (χ0n) is 8.37. The number of amides is 1. The summed E-state index contributed by atoms with van der Waals surface area (Å²) in [6.07, 6.45) is 1.69.